The van der Waals surface area contributed by atoms with Gasteiger partial charge in [-0.05, 0) is 62.2 Å². The van der Waals surface area contributed by atoms with Crippen LogP contribution in [0.25, 0.3) is 10.9 Å². The van der Waals surface area contributed by atoms with Crippen LogP contribution in [0.5, 0.6) is 0 Å². The molecular weight excluding hydrogens is 386 g/mol. The number of amides is 1. The number of hydrogen-bond donors (Lipinski definition) is 1. The monoisotopic (exact) mass is 411 g/mol. The van der Waals surface area contributed by atoms with Gasteiger partial charge >= 0.3 is 0 Å². The molecule has 1 aliphatic heterocycles. The van der Waals surface area contributed by atoms with Gasteiger partial charge in [-0.1, -0.05) is 17.7 Å². The fourth-order valence-corrected chi connectivity index (χ4v) is 5.20. The minimum absolute atomic E-state index is 0.0953. The molecule has 3 aromatic rings. The smallest absolute Gasteiger partial charge is 0.270 e. The maximum atomic E-state index is 13.0. The number of aryl methyl sites for hydroxylation is 3. The molecule has 0 atom stereocenters. The van der Waals surface area contributed by atoms with E-state index in [1.165, 1.54) is 4.31 Å². The van der Waals surface area contributed by atoms with Crippen molar-refractivity contribution >= 4 is 26.8 Å². The van der Waals surface area contributed by atoms with Crippen LogP contribution in [-0.2, 0) is 10.0 Å². The van der Waals surface area contributed by atoms with Crippen LogP contribution in [-0.4, -0.2) is 54.7 Å². The summed E-state index contributed by atoms with van der Waals surface area (Å²) in [5.74, 6) is -0.0953. The first kappa shape index (κ1) is 19.7. The summed E-state index contributed by atoms with van der Waals surface area (Å²) < 4.78 is 27.4. The van der Waals surface area contributed by atoms with Gasteiger partial charge in [0, 0.05) is 37.1 Å². The predicted molar refractivity (Wildman–Crippen MR) is 114 cm³/mol. The molecule has 4 rings (SSSR count). The van der Waals surface area contributed by atoms with E-state index in [0.717, 1.165) is 27.6 Å². The number of benzene rings is 2. The SMILES string of the molecule is Cc1ccc2[nH]c(C(=O)N3CCN(S(=O)(=O)c4ccc(C)c(C)c4)CC3)cc2c1. The highest BCUT2D eigenvalue weighted by Crippen LogP contribution is 2.22. The summed E-state index contributed by atoms with van der Waals surface area (Å²) in [7, 11) is -3.55. The molecule has 6 nitrogen and oxygen atoms in total. The molecule has 1 fully saturated rings. The summed E-state index contributed by atoms with van der Waals surface area (Å²) in [4.78, 5) is 18.1. The Balaban J connectivity index is 1.48. The molecule has 1 amide bonds. The van der Waals surface area contributed by atoms with E-state index in [9.17, 15) is 13.2 Å². The first-order valence-electron chi connectivity index (χ1n) is 9.72. The Kier molecular flexibility index (Phi) is 4.96. The third kappa shape index (κ3) is 3.68. The van der Waals surface area contributed by atoms with E-state index >= 15 is 0 Å². The normalized spacial score (nSPS) is 15.8. The highest BCUT2D eigenvalue weighted by Gasteiger charge is 2.31. The second kappa shape index (κ2) is 7.31. The molecule has 29 heavy (non-hydrogen) atoms. The maximum Gasteiger partial charge on any atom is 0.270 e. The first-order valence-corrected chi connectivity index (χ1v) is 11.2. The summed E-state index contributed by atoms with van der Waals surface area (Å²) in [6.07, 6.45) is 0. The Hall–Kier alpha value is -2.64. The van der Waals surface area contributed by atoms with Crippen molar-refractivity contribution in [3.8, 4) is 0 Å². The molecule has 2 aromatic carbocycles. The zero-order valence-corrected chi connectivity index (χ0v) is 17.7. The third-order valence-corrected chi connectivity index (χ3v) is 7.54. The van der Waals surface area contributed by atoms with Gasteiger partial charge in [-0.15, -0.1) is 0 Å². The Morgan fingerprint density at radius 3 is 2.31 bits per heavy atom. The Labute approximate surface area is 171 Å². The number of aromatic amines is 1. The summed E-state index contributed by atoms with van der Waals surface area (Å²) in [6.45, 7) is 7.21. The average Bonchev–Trinajstić information content (AvgIpc) is 3.12. The lowest BCUT2D eigenvalue weighted by molar-refractivity contribution is 0.0693. The number of H-pyrrole nitrogens is 1. The predicted octanol–water partition coefficient (Wildman–Crippen LogP) is 3.24. The highest BCUT2D eigenvalue weighted by atomic mass is 32.2. The molecular formula is C22H25N3O3S. The van der Waals surface area contributed by atoms with Crippen LogP contribution >= 0.6 is 0 Å². The molecule has 1 aromatic heterocycles. The van der Waals surface area contributed by atoms with Gasteiger partial charge in [0.05, 0.1) is 4.90 Å². The second-order valence-electron chi connectivity index (χ2n) is 7.72. The number of piperazine rings is 1. The van der Waals surface area contributed by atoms with Crippen LogP contribution < -0.4 is 0 Å². The standard InChI is InChI=1S/C22H25N3O3S/c1-15-4-7-20-18(12-15)14-21(23-20)22(26)24-8-10-25(11-9-24)29(27,28)19-6-5-16(2)17(3)13-19/h4-7,12-14,23H,8-11H2,1-3H3. The minimum atomic E-state index is -3.55. The van der Waals surface area contributed by atoms with Gasteiger partial charge < -0.3 is 9.88 Å². The highest BCUT2D eigenvalue weighted by molar-refractivity contribution is 7.89. The van der Waals surface area contributed by atoms with Gasteiger partial charge in [0.1, 0.15) is 5.69 Å². The number of carbonyl (C=O) groups is 1. The maximum absolute atomic E-state index is 13.0. The molecule has 0 spiro atoms. The summed E-state index contributed by atoms with van der Waals surface area (Å²) >= 11 is 0. The molecule has 0 unspecified atom stereocenters. The van der Waals surface area contributed by atoms with Crippen LogP contribution in [0.2, 0.25) is 0 Å². The summed E-state index contributed by atoms with van der Waals surface area (Å²) in [5, 5.41) is 1.00. The van der Waals surface area contributed by atoms with Crippen LogP contribution in [0.1, 0.15) is 27.2 Å². The fraction of sp³-hybridized carbons (Fsp3) is 0.318. The van der Waals surface area contributed by atoms with Crippen molar-refractivity contribution in [3.05, 3.63) is 64.8 Å². The number of carbonyl (C=O) groups excluding carboxylic acids is 1. The molecule has 0 saturated carbocycles. The van der Waals surface area contributed by atoms with Crippen molar-refractivity contribution in [2.45, 2.75) is 25.7 Å². The lowest BCUT2D eigenvalue weighted by Gasteiger charge is -2.33. The lowest BCUT2D eigenvalue weighted by Crippen LogP contribution is -2.50. The number of nitrogens with zero attached hydrogens (tertiary/aromatic N) is 2. The van der Waals surface area contributed by atoms with Crippen molar-refractivity contribution in [2.24, 2.45) is 0 Å². The number of nitrogens with one attached hydrogen (secondary N) is 1. The number of rotatable bonds is 3. The minimum Gasteiger partial charge on any atom is -0.351 e. The number of fused-ring (bicyclic) bond motifs is 1. The Bertz CT molecular complexity index is 1190. The van der Waals surface area contributed by atoms with E-state index in [1.54, 1.807) is 17.0 Å². The van der Waals surface area contributed by atoms with Crippen LogP contribution in [0.15, 0.2) is 47.4 Å². The van der Waals surface area contributed by atoms with Crippen LogP contribution in [0.3, 0.4) is 0 Å². The van der Waals surface area contributed by atoms with Crippen LogP contribution in [0, 0.1) is 20.8 Å². The van der Waals surface area contributed by atoms with E-state index < -0.39 is 10.0 Å². The fourth-order valence-electron chi connectivity index (χ4n) is 3.69. The molecule has 1 aliphatic rings. The van der Waals surface area contributed by atoms with E-state index in [-0.39, 0.29) is 5.91 Å². The van der Waals surface area contributed by atoms with Crippen molar-refractivity contribution in [2.75, 3.05) is 26.2 Å². The first-order chi connectivity index (χ1) is 13.8. The Morgan fingerprint density at radius 1 is 0.897 bits per heavy atom. The number of hydrogen-bond acceptors (Lipinski definition) is 3. The van der Waals surface area contributed by atoms with Crippen molar-refractivity contribution < 1.29 is 13.2 Å². The largest absolute Gasteiger partial charge is 0.351 e. The molecule has 1 N–H and O–H groups in total. The van der Waals surface area contributed by atoms with Gasteiger partial charge in [0.2, 0.25) is 10.0 Å². The lowest BCUT2D eigenvalue weighted by atomic mass is 10.1. The Morgan fingerprint density at radius 2 is 1.62 bits per heavy atom. The van der Waals surface area contributed by atoms with E-state index in [2.05, 4.69) is 4.98 Å². The zero-order chi connectivity index (χ0) is 20.8. The van der Waals surface area contributed by atoms with E-state index in [0.29, 0.717) is 36.8 Å². The van der Waals surface area contributed by atoms with Gasteiger partial charge in [0.15, 0.2) is 0 Å². The molecule has 7 heteroatoms. The number of sulfonamides is 1. The van der Waals surface area contributed by atoms with Crippen molar-refractivity contribution in [1.29, 1.82) is 0 Å². The van der Waals surface area contributed by atoms with Gasteiger partial charge in [0.25, 0.3) is 5.91 Å². The summed E-state index contributed by atoms with van der Waals surface area (Å²) in [6, 6.07) is 13.1. The molecule has 1 saturated heterocycles. The topological polar surface area (TPSA) is 73.5 Å². The van der Waals surface area contributed by atoms with E-state index in [1.807, 2.05) is 51.1 Å². The van der Waals surface area contributed by atoms with E-state index in [4.69, 9.17) is 0 Å². The molecule has 2 heterocycles. The second-order valence-corrected chi connectivity index (χ2v) is 9.65. The summed E-state index contributed by atoms with van der Waals surface area (Å²) in [5.41, 5.74) is 4.62. The molecule has 0 radical (unpaired) electrons. The molecule has 0 bridgehead atoms. The molecule has 0 aliphatic carbocycles. The number of aromatic nitrogens is 1. The molecule has 152 valence electrons. The van der Waals surface area contributed by atoms with Gasteiger partial charge in [-0.25, -0.2) is 8.42 Å². The van der Waals surface area contributed by atoms with Gasteiger partial charge in [-0.2, -0.15) is 4.31 Å². The zero-order valence-electron chi connectivity index (χ0n) is 16.9. The van der Waals surface area contributed by atoms with Crippen LogP contribution in [0.4, 0.5) is 0 Å². The average molecular weight is 412 g/mol. The van der Waals surface area contributed by atoms with Crippen molar-refractivity contribution in [1.82, 2.24) is 14.2 Å². The quantitative estimate of drug-likeness (QED) is 0.719. The van der Waals surface area contributed by atoms with Crippen molar-refractivity contribution in [3.63, 3.8) is 0 Å². The third-order valence-electron chi connectivity index (χ3n) is 5.65. The van der Waals surface area contributed by atoms with Gasteiger partial charge in [-0.3, -0.25) is 4.79 Å².